The second-order valence-corrected chi connectivity index (χ2v) is 8.69. The summed E-state index contributed by atoms with van der Waals surface area (Å²) in [6.45, 7) is 1.02. The summed E-state index contributed by atoms with van der Waals surface area (Å²) in [5, 5.41) is 19.7. The fourth-order valence-corrected chi connectivity index (χ4v) is 5.33. The van der Waals surface area contributed by atoms with Crippen molar-refractivity contribution in [3.8, 4) is 11.5 Å². The van der Waals surface area contributed by atoms with Gasteiger partial charge in [-0.1, -0.05) is 6.07 Å². The molecule has 2 fully saturated rings. The highest BCUT2D eigenvalue weighted by atomic mass is 16.8. The number of esters is 1. The highest BCUT2D eigenvalue weighted by molar-refractivity contribution is 5.89. The zero-order chi connectivity index (χ0) is 22.7. The minimum absolute atomic E-state index is 0.131. The van der Waals surface area contributed by atoms with Crippen molar-refractivity contribution in [1.29, 1.82) is 0 Å². The molecule has 4 aliphatic rings. The Balaban J connectivity index is 1.46. The molecule has 172 valence electrons. The standard InChI is InChI=1S/C23H27NO8/c1-24-9-8-22(13-4-5-14(28-2)15(10-13)29-3)6-7-23(11-17(22)24)30-12-16(32-23)20-18(25)19(26)21(27)31-20/h4-5,10-11,16,20,25-26H,6-9,12H2,1-3H3/t16-,20+,22-,23?/m0/s1. The van der Waals surface area contributed by atoms with Gasteiger partial charge in [0.25, 0.3) is 0 Å². The van der Waals surface area contributed by atoms with Crippen LogP contribution >= 0.6 is 0 Å². The van der Waals surface area contributed by atoms with E-state index in [2.05, 4.69) is 11.0 Å². The second kappa shape index (κ2) is 7.31. The van der Waals surface area contributed by atoms with Gasteiger partial charge in [-0.2, -0.15) is 0 Å². The number of likely N-dealkylation sites (N-methyl/N-ethyl adjacent to an activating group) is 1. The number of likely N-dealkylation sites (tertiary alicyclic amines) is 1. The molecule has 32 heavy (non-hydrogen) atoms. The molecule has 9 nitrogen and oxygen atoms in total. The number of hydrogen-bond acceptors (Lipinski definition) is 9. The lowest BCUT2D eigenvalue weighted by molar-refractivity contribution is -0.164. The normalized spacial score (nSPS) is 34.0. The maximum atomic E-state index is 11.6. The number of benzene rings is 1. The molecule has 0 aromatic heterocycles. The molecule has 2 N–H and O–H groups in total. The van der Waals surface area contributed by atoms with Crippen LogP contribution in [0.1, 0.15) is 24.8 Å². The first-order valence-corrected chi connectivity index (χ1v) is 10.6. The van der Waals surface area contributed by atoms with Gasteiger partial charge < -0.3 is 38.8 Å². The van der Waals surface area contributed by atoms with Crippen LogP contribution in [0.15, 0.2) is 41.5 Å². The minimum Gasteiger partial charge on any atom is -0.505 e. The number of allylic oxidation sites excluding steroid dienone is 1. The van der Waals surface area contributed by atoms with E-state index < -0.39 is 35.5 Å². The van der Waals surface area contributed by atoms with Crippen molar-refractivity contribution in [2.24, 2.45) is 0 Å². The van der Waals surface area contributed by atoms with Crippen molar-refractivity contribution < 1.29 is 38.7 Å². The summed E-state index contributed by atoms with van der Waals surface area (Å²) in [5.41, 5.74) is 2.04. The Kier molecular flexibility index (Phi) is 4.79. The van der Waals surface area contributed by atoms with E-state index in [1.54, 1.807) is 14.2 Å². The quantitative estimate of drug-likeness (QED) is 0.675. The largest absolute Gasteiger partial charge is 0.505 e. The van der Waals surface area contributed by atoms with Crippen molar-refractivity contribution in [2.45, 2.75) is 42.7 Å². The van der Waals surface area contributed by atoms with Gasteiger partial charge in [0.1, 0.15) is 6.10 Å². The average molecular weight is 445 g/mol. The first-order valence-electron chi connectivity index (χ1n) is 10.6. The lowest BCUT2D eigenvalue weighted by atomic mass is 9.69. The lowest BCUT2D eigenvalue weighted by Gasteiger charge is -2.41. The average Bonchev–Trinajstić information content (AvgIpc) is 3.45. The van der Waals surface area contributed by atoms with Crippen molar-refractivity contribution in [2.75, 3.05) is 34.4 Å². The summed E-state index contributed by atoms with van der Waals surface area (Å²) < 4.78 is 28.3. The van der Waals surface area contributed by atoms with Gasteiger partial charge >= 0.3 is 5.97 Å². The van der Waals surface area contributed by atoms with Crippen LogP contribution < -0.4 is 9.47 Å². The first-order chi connectivity index (χ1) is 15.3. The second-order valence-electron chi connectivity index (χ2n) is 8.69. The Bertz CT molecular complexity index is 1020. The van der Waals surface area contributed by atoms with Crippen LogP contribution in [0, 0.1) is 0 Å². The third-order valence-electron chi connectivity index (χ3n) is 7.09. The van der Waals surface area contributed by atoms with E-state index in [1.807, 2.05) is 25.3 Å². The number of hydrogen-bond donors (Lipinski definition) is 2. The zero-order valence-corrected chi connectivity index (χ0v) is 18.3. The van der Waals surface area contributed by atoms with Crippen molar-refractivity contribution in [3.05, 3.63) is 47.1 Å². The van der Waals surface area contributed by atoms with E-state index in [9.17, 15) is 15.0 Å². The van der Waals surface area contributed by atoms with Gasteiger partial charge in [0.15, 0.2) is 29.1 Å². The van der Waals surface area contributed by atoms with E-state index in [0.29, 0.717) is 17.9 Å². The molecule has 0 bridgehead atoms. The summed E-state index contributed by atoms with van der Waals surface area (Å²) >= 11 is 0. The van der Waals surface area contributed by atoms with Crippen LogP contribution in [-0.2, 0) is 24.4 Å². The number of methoxy groups -OCH3 is 2. The summed E-state index contributed by atoms with van der Waals surface area (Å²) in [5.74, 6) is -1.85. The molecule has 0 amide bonds. The smallest absolute Gasteiger partial charge is 0.377 e. The molecular formula is C23H27NO8. The van der Waals surface area contributed by atoms with E-state index in [1.165, 1.54) is 0 Å². The first kappa shape index (κ1) is 21.0. The third-order valence-corrected chi connectivity index (χ3v) is 7.09. The molecule has 1 aliphatic carbocycles. The van der Waals surface area contributed by atoms with Crippen LogP contribution in [0.4, 0.5) is 0 Å². The number of nitrogens with zero attached hydrogens (tertiary/aromatic N) is 1. The highest BCUT2D eigenvalue weighted by Crippen LogP contribution is 2.54. The van der Waals surface area contributed by atoms with Crippen LogP contribution in [-0.4, -0.2) is 73.5 Å². The van der Waals surface area contributed by atoms with Gasteiger partial charge in [-0.05, 0) is 36.6 Å². The fraction of sp³-hybridized carbons (Fsp3) is 0.522. The summed E-state index contributed by atoms with van der Waals surface area (Å²) in [6, 6.07) is 6.04. The molecule has 4 atom stereocenters. The predicted molar refractivity (Wildman–Crippen MR) is 112 cm³/mol. The van der Waals surface area contributed by atoms with Gasteiger partial charge in [-0.15, -0.1) is 0 Å². The molecule has 1 aromatic rings. The van der Waals surface area contributed by atoms with Gasteiger partial charge in [-0.3, -0.25) is 0 Å². The number of aliphatic hydroxyl groups excluding tert-OH is 2. The number of rotatable bonds is 4. The molecule has 3 heterocycles. The van der Waals surface area contributed by atoms with Crippen LogP contribution in [0.3, 0.4) is 0 Å². The molecular weight excluding hydrogens is 418 g/mol. The minimum atomic E-state index is -1.07. The SMILES string of the molecule is COc1ccc([C@]23CCN(C)C2=CC2(CC3)OC[C@@H]([C@H]3OC(=O)C(O)=C3O)O2)cc1OC. The van der Waals surface area contributed by atoms with E-state index >= 15 is 0 Å². The summed E-state index contributed by atoms with van der Waals surface area (Å²) in [4.78, 5) is 13.8. The summed E-state index contributed by atoms with van der Waals surface area (Å²) in [6.07, 6.45) is 2.55. The maximum Gasteiger partial charge on any atom is 0.377 e. The van der Waals surface area contributed by atoms with Crippen molar-refractivity contribution in [1.82, 2.24) is 4.90 Å². The number of carbonyl (C=O) groups is 1. The van der Waals surface area contributed by atoms with Crippen molar-refractivity contribution in [3.63, 3.8) is 0 Å². The van der Waals surface area contributed by atoms with Gasteiger partial charge in [-0.25, -0.2) is 4.79 Å². The topological polar surface area (TPSA) is 107 Å². The predicted octanol–water partition coefficient (Wildman–Crippen LogP) is 2.32. The van der Waals surface area contributed by atoms with Crippen LogP contribution in [0.25, 0.3) is 0 Å². The molecule has 0 radical (unpaired) electrons. The number of aliphatic hydroxyl groups is 2. The van der Waals surface area contributed by atoms with Crippen LogP contribution in [0.5, 0.6) is 11.5 Å². The Morgan fingerprint density at radius 1 is 1.12 bits per heavy atom. The van der Waals surface area contributed by atoms with Gasteiger partial charge in [0, 0.05) is 31.1 Å². The van der Waals surface area contributed by atoms with Crippen molar-refractivity contribution >= 4 is 5.97 Å². The molecule has 0 saturated carbocycles. The fourth-order valence-electron chi connectivity index (χ4n) is 5.33. The number of carbonyl (C=O) groups excluding carboxylic acids is 1. The molecule has 1 spiro atoms. The molecule has 1 unspecified atom stereocenters. The molecule has 2 saturated heterocycles. The third kappa shape index (κ3) is 2.95. The maximum absolute atomic E-state index is 11.6. The van der Waals surface area contributed by atoms with Gasteiger partial charge in [0.2, 0.25) is 5.76 Å². The Hall–Kier alpha value is -2.91. The van der Waals surface area contributed by atoms with Crippen LogP contribution in [0.2, 0.25) is 0 Å². The number of fused-ring (bicyclic) bond motifs is 1. The van der Waals surface area contributed by atoms with E-state index in [-0.39, 0.29) is 12.0 Å². The Labute approximate surface area is 185 Å². The molecule has 9 heteroatoms. The van der Waals surface area contributed by atoms with E-state index in [0.717, 1.165) is 30.6 Å². The lowest BCUT2D eigenvalue weighted by Crippen LogP contribution is -2.42. The molecule has 5 rings (SSSR count). The molecule has 1 aromatic carbocycles. The Morgan fingerprint density at radius 3 is 2.59 bits per heavy atom. The zero-order valence-electron chi connectivity index (χ0n) is 18.3. The Morgan fingerprint density at radius 2 is 1.91 bits per heavy atom. The number of ether oxygens (including phenoxy) is 5. The van der Waals surface area contributed by atoms with E-state index in [4.69, 9.17) is 23.7 Å². The summed E-state index contributed by atoms with van der Waals surface area (Å²) in [7, 11) is 5.30. The highest BCUT2D eigenvalue weighted by Gasteiger charge is 2.55. The van der Waals surface area contributed by atoms with Gasteiger partial charge in [0.05, 0.1) is 20.8 Å². The monoisotopic (exact) mass is 445 g/mol. The molecule has 3 aliphatic heterocycles. The number of cyclic esters (lactones) is 1.